The average Bonchev–Trinajstić information content (AvgIpc) is 2.73. The van der Waals surface area contributed by atoms with Crippen LogP contribution in [0.3, 0.4) is 0 Å². The minimum atomic E-state index is -4.12. The van der Waals surface area contributed by atoms with E-state index in [0.717, 1.165) is 14.8 Å². The van der Waals surface area contributed by atoms with Gasteiger partial charge in [-0.05, 0) is 30.5 Å². The number of ether oxygens (including phenoxy) is 1. The van der Waals surface area contributed by atoms with E-state index in [9.17, 15) is 22.8 Å². The Morgan fingerprint density at radius 3 is 2.39 bits per heavy atom. The number of benzene rings is 2. The molecule has 162 valence electrons. The van der Waals surface area contributed by atoms with Crippen molar-refractivity contribution in [2.45, 2.75) is 18.2 Å². The van der Waals surface area contributed by atoms with E-state index in [1.54, 1.807) is 6.92 Å². The Morgan fingerprint density at radius 2 is 1.71 bits per heavy atom. The molecule has 3 amide bonds. The summed E-state index contributed by atoms with van der Waals surface area (Å²) in [5.74, 6) is -1.22. The van der Waals surface area contributed by atoms with Crippen molar-refractivity contribution in [1.82, 2.24) is 9.21 Å². The number of fused-ring (bicyclic) bond motifs is 1. The lowest BCUT2D eigenvalue weighted by atomic mass is 10.1. The van der Waals surface area contributed by atoms with Crippen molar-refractivity contribution < 1.29 is 27.5 Å². The molecule has 2 heterocycles. The van der Waals surface area contributed by atoms with E-state index in [-0.39, 0.29) is 29.7 Å². The van der Waals surface area contributed by atoms with E-state index in [1.807, 2.05) is 30.3 Å². The Bertz CT molecular complexity index is 1150. The number of hydrogen-bond acceptors (Lipinski definition) is 6. The van der Waals surface area contributed by atoms with Crippen molar-refractivity contribution in [3.8, 4) is 5.75 Å². The van der Waals surface area contributed by atoms with Crippen LogP contribution in [0.4, 0.5) is 5.69 Å². The minimum absolute atomic E-state index is 0.0688. The Hall–Kier alpha value is -3.24. The second-order valence-corrected chi connectivity index (χ2v) is 9.30. The summed E-state index contributed by atoms with van der Waals surface area (Å²) in [7, 11) is -4.12. The maximum atomic E-state index is 13.2. The van der Waals surface area contributed by atoms with E-state index >= 15 is 0 Å². The van der Waals surface area contributed by atoms with Crippen LogP contribution >= 0.6 is 0 Å². The number of amides is 3. The van der Waals surface area contributed by atoms with Gasteiger partial charge >= 0.3 is 0 Å². The second kappa shape index (κ2) is 8.12. The number of nitrogens with zero attached hydrogens (tertiary/aromatic N) is 2. The maximum absolute atomic E-state index is 13.2. The number of sulfonamides is 1. The summed E-state index contributed by atoms with van der Waals surface area (Å²) in [5.41, 5.74) is 1.73. The highest BCUT2D eigenvalue weighted by molar-refractivity contribution is 7.89. The molecule has 4 rings (SSSR count). The zero-order chi connectivity index (χ0) is 22.2. The highest BCUT2D eigenvalue weighted by Crippen LogP contribution is 2.34. The van der Waals surface area contributed by atoms with E-state index in [0.29, 0.717) is 17.7 Å². The molecule has 0 spiro atoms. The molecule has 1 N–H and O–H groups in total. The lowest BCUT2D eigenvalue weighted by molar-refractivity contribution is -0.149. The number of piperazine rings is 1. The number of aryl methyl sites for hydroxylation is 1. The summed E-state index contributed by atoms with van der Waals surface area (Å²) in [5, 5.41) is 2.62. The molecule has 0 atom stereocenters. The van der Waals surface area contributed by atoms with Crippen molar-refractivity contribution >= 4 is 33.4 Å². The van der Waals surface area contributed by atoms with Gasteiger partial charge in [-0.15, -0.1) is 0 Å². The maximum Gasteiger partial charge on any atom is 0.262 e. The van der Waals surface area contributed by atoms with Gasteiger partial charge in [0.05, 0.1) is 23.7 Å². The first-order valence-corrected chi connectivity index (χ1v) is 11.1. The monoisotopic (exact) mass is 443 g/mol. The van der Waals surface area contributed by atoms with Gasteiger partial charge in [0.25, 0.3) is 5.91 Å². The highest BCUT2D eigenvalue weighted by Gasteiger charge is 2.38. The van der Waals surface area contributed by atoms with Crippen LogP contribution in [0.25, 0.3) is 0 Å². The van der Waals surface area contributed by atoms with Gasteiger partial charge in [-0.2, -0.15) is 4.31 Å². The van der Waals surface area contributed by atoms with Crippen LogP contribution < -0.4 is 10.1 Å². The summed E-state index contributed by atoms with van der Waals surface area (Å²) >= 11 is 0. The quantitative estimate of drug-likeness (QED) is 0.688. The average molecular weight is 443 g/mol. The van der Waals surface area contributed by atoms with E-state index in [4.69, 9.17) is 4.74 Å². The third-order valence-corrected chi connectivity index (χ3v) is 7.15. The molecule has 0 bridgehead atoms. The minimum Gasteiger partial charge on any atom is -0.482 e. The van der Waals surface area contributed by atoms with E-state index in [2.05, 4.69) is 5.32 Å². The van der Waals surface area contributed by atoms with Crippen molar-refractivity contribution in [3.05, 3.63) is 53.6 Å². The first-order valence-electron chi connectivity index (χ1n) is 9.70. The zero-order valence-corrected chi connectivity index (χ0v) is 17.6. The molecule has 10 heteroatoms. The van der Waals surface area contributed by atoms with Crippen LogP contribution in [0.15, 0.2) is 47.4 Å². The lowest BCUT2D eigenvalue weighted by Gasteiger charge is -2.32. The van der Waals surface area contributed by atoms with E-state index in [1.165, 1.54) is 12.1 Å². The van der Waals surface area contributed by atoms with Crippen LogP contribution in [0, 0.1) is 6.92 Å². The van der Waals surface area contributed by atoms with Crippen molar-refractivity contribution in [3.63, 3.8) is 0 Å². The molecule has 0 saturated carbocycles. The number of carbonyl (C=O) groups is 3. The molecule has 2 aromatic rings. The standard InChI is InChI=1S/C21H21N3O6S/c1-14-9-16-17(30-13-19(25)22-16)10-18(14)31(28,29)23-11-20(26)24(21(27)12-23)8-7-15-5-3-2-4-6-15/h2-6,9-10H,7-8,11-13H2,1H3,(H,22,25). The molecule has 9 nitrogen and oxygen atoms in total. The molecule has 0 unspecified atom stereocenters. The molecule has 0 aromatic heterocycles. The van der Waals surface area contributed by atoms with Gasteiger partial charge in [-0.1, -0.05) is 30.3 Å². The molecular formula is C21H21N3O6S. The molecular weight excluding hydrogens is 422 g/mol. The topological polar surface area (TPSA) is 113 Å². The van der Waals surface area contributed by atoms with E-state index < -0.39 is 34.9 Å². The zero-order valence-electron chi connectivity index (χ0n) is 16.8. The largest absolute Gasteiger partial charge is 0.482 e. The van der Waals surface area contributed by atoms with Gasteiger partial charge in [0.2, 0.25) is 21.8 Å². The number of carbonyl (C=O) groups excluding carboxylic acids is 3. The SMILES string of the molecule is Cc1cc2c(cc1S(=O)(=O)N1CC(=O)N(CCc3ccccc3)C(=O)C1)OCC(=O)N2. The molecule has 2 aromatic carbocycles. The van der Waals surface area contributed by atoms with Crippen LogP contribution in [0.1, 0.15) is 11.1 Å². The van der Waals surface area contributed by atoms with Gasteiger partial charge < -0.3 is 10.1 Å². The summed E-state index contributed by atoms with van der Waals surface area (Å²) in [6, 6.07) is 12.2. The van der Waals surface area contributed by atoms with Crippen molar-refractivity contribution in [2.75, 3.05) is 31.6 Å². The molecule has 2 aliphatic rings. The van der Waals surface area contributed by atoms with Crippen molar-refractivity contribution in [1.29, 1.82) is 0 Å². The molecule has 2 aliphatic heterocycles. The summed E-state index contributed by atoms with van der Waals surface area (Å²) in [6.07, 6.45) is 0.498. The summed E-state index contributed by atoms with van der Waals surface area (Å²) in [4.78, 5) is 37.7. The summed E-state index contributed by atoms with van der Waals surface area (Å²) in [6.45, 7) is 0.717. The number of nitrogens with one attached hydrogen (secondary N) is 1. The normalized spacial score (nSPS) is 17.2. The van der Waals surface area contributed by atoms with Crippen LogP contribution in [-0.2, 0) is 30.8 Å². The highest BCUT2D eigenvalue weighted by atomic mass is 32.2. The third-order valence-electron chi connectivity index (χ3n) is 5.22. The fourth-order valence-corrected chi connectivity index (χ4v) is 5.17. The van der Waals surface area contributed by atoms with Crippen molar-refractivity contribution in [2.24, 2.45) is 0 Å². The van der Waals surface area contributed by atoms with Gasteiger partial charge in [0, 0.05) is 12.6 Å². The smallest absolute Gasteiger partial charge is 0.262 e. The predicted molar refractivity (Wildman–Crippen MR) is 111 cm³/mol. The number of rotatable bonds is 5. The predicted octanol–water partition coefficient (Wildman–Crippen LogP) is 0.928. The Balaban J connectivity index is 1.52. The molecule has 1 saturated heterocycles. The molecule has 0 radical (unpaired) electrons. The summed E-state index contributed by atoms with van der Waals surface area (Å²) < 4.78 is 32.6. The fourth-order valence-electron chi connectivity index (χ4n) is 3.61. The van der Waals surface area contributed by atoms with Crippen LogP contribution in [0.5, 0.6) is 5.75 Å². The number of imide groups is 1. The van der Waals surface area contributed by atoms with Gasteiger partial charge in [-0.3, -0.25) is 19.3 Å². The number of anilines is 1. The third kappa shape index (κ3) is 4.17. The first-order chi connectivity index (χ1) is 14.8. The Morgan fingerprint density at radius 1 is 1.03 bits per heavy atom. The van der Waals surface area contributed by atoms with Gasteiger partial charge in [0.1, 0.15) is 5.75 Å². The van der Waals surface area contributed by atoms with Crippen LogP contribution in [0.2, 0.25) is 0 Å². The molecule has 0 aliphatic carbocycles. The Kier molecular flexibility index (Phi) is 5.50. The van der Waals surface area contributed by atoms with Gasteiger partial charge in [-0.25, -0.2) is 8.42 Å². The molecule has 1 fully saturated rings. The van der Waals surface area contributed by atoms with Crippen LogP contribution in [-0.4, -0.2) is 61.6 Å². The fraction of sp³-hybridized carbons (Fsp3) is 0.286. The molecule has 31 heavy (non-hydrogen) atoms. The Labute approximate surface area is 179 Å². The number of hydrogen-bond donors (Lipinski definition) is 1. The lowest BCUT2D eigenvalue weighted by Crippen LogP contribution is -2.55. The van der Waals surface area contributed by atoms with Gasteiger partial charge in [0.15, 0.2) is 6.61 Å². The first kappa shape index (κ1) is 21.0. The second-order valence-electron chi connectivity index (χ2n) is 7.40.